The van der Waals surface area contributed by atoms with Gasteiger partial charge in [-0.1, -0.05) is 0 Å². The summed E-state index contributed by atoms with van der Waals surface area (Å²) < 4.78 is 18.4. The third-order valence-electron chi connectivity index (χ3n) is 4.23. The number of carbonyl (C=O) groups is 1. The fourth-order valence-corrected chi connectivity index (χ4v) is 2.77. The van der Waals surface area contributed by atoms with E-state index in [9.17, 15) is 19.3 Å². The largest absolute Gasteiger partial charge is 0.484 e. The predicted molar refractivity (Wildman–Crippen MR) is 93.8 cm³/mol. The molecule has 0 aromatic heterocycles. The van der Waals surface area contributed by atoms with Gasteiger partial charge in [-0.25, -0.2) is 4.39 Å². The van der Waals surface area contributed by atoms with Gasteiger partial charge >= 0.3 is 0 Å². The van der Waals surface area contributed by atoms with Gasteiger partial charge in [0, 0.05) is 44.0 Å². The van der Waals surface area contributed by atoms with Crippen LogP contribution in [0.25, 0.3) is 0 Å². The first-order valence-corrected chi connectivity index (χ1v) is 8.18. The molecule has 0 saturated carbocycles. The Morgan fingerprint density at radius 1 is 1.04 bits per heavy atom. The number of ether oxygens (including phenoxy) is 1. The highest BCUT2D eigenvalue weighted by Gasteiger charge is 2.21. The summed E-state index contributed by atoms with van der Waals surface area (Å²) in [5.41, 5.74) is 0.904. The Bertz CT molecular complexity index is 772. The van der Waals surface area contributed by atoms with Gasteiger partial charge in [0.15, 0.2) is 6.61 Å². The molecule has 2 aromatic rings. The van der Waals surface area contributed by atoms with E-state index in [1.807, 2.05) is 0 Å². The van der Waals surface area contributed by atoms with Crippen LogP contribution in [0.5, 0.6) is 5.75 Å². The molecule has 1 heterocycles. The van der Waals surface area contributed by atoms with E-state index in [-0.39, 0.29) is 24.0 Å². The maximum absolute atomic E-state index is 13.0. The molecule has 0 unspecified atom stereocenters. The number of benzene rings is 2. The highest BCUT2D eigenvalue weighted by atomic mass is 19.1. The van der Waals surface area contributed by atoms with E-state index in [0.29, 0.717) is 31.9 Å². The fourth-order valence-electron chi connectivity index (χ4n) is 2.77. The van der Waals surface area contributed by atoms with Crippen LogP contribution in [0, 0.1) is 15.9 Å². The monoisotopic (exact) mass is 359 g/mol. The van der Waals surface area contributed by atoms with Crippen LogP contribution in [0.1, 0.15) is 0 Å². The average Bonchev–Trinajstić information content (AvgIpc) is 2.67. The van der Waals surface area contributed by atoms with Crippen molar-refractivity contribution < 1.29 is 18.8 Å². The van der Waals surface area contributed by atoms with Gasteiger partial charge in [-0.15, -0.1) is 0 Å². The van der Waals surface area contributed by atoms with Crippen molar-refractivity contribution in [1.82, 2.24) is 4.90 Å². The number of anilines is 1. The van der Waals surface area contributed by atoms with E-state index in [1.165, 1.54) is 36.4 Å². The summed E-state index contributed by atoms with van der Waals surface area (Å²) in [5.74, 6) is 0.00182. The summed E-state index contributed by atoms with van der Waals surface area (Å²) in [5, 5.41) is 10.6. The van der Waals surface area contributed by atoms with E-state index in [1.54, 1.807) is 17.0 Å². The number of amides is 1. The number of nitrogens with zero attached hydrogens (tertiary/aromatic N) is 3. The number of rotatable bonds is 5. The summed E-state index contributed by atoms with van der Waals surface area (Å²) in [6, 6.07) is 11.9. The number of halogens is 1. The molecule has 1 fully saturated rings. The zero-order valence-electron chi connectivity index (χ0n) is 14.0. The molecule has 1 aliphatic rings. The SMILES string of the molecule is O=C(COc1ccc([N+](=O)[O-])cc1)N1CCN(c2ccc(F)cc2)CC1. The number of hydrogen-bond acceptors (Lipinski definition) is 5. The van der Waals surface area contributed by atoms with Crippen molar-refractivity contribution in [2.45, 2.75) is 0 Å². The highest BCUT2D eigenvalue weighted by molar-refractivity contribution is 5.78. The van der Waals surface area contributed by atoms with Crippen molar-refractivity contribution in [1.29, 1.82) is 0 Å². The van der Waals surface area contributed by atoms with Gasteiger partial charge in [0.2, 0.25) is 0 Å². The van der Waals surface area contributed by atoms with Crippen LogP contribution in [-0.2, 0) is 4.79 Å². The second-order valence-electron chi connectivity index (χ2n) is 5.88. The number of carbonyl (C=O) groups excluding carboxylic acids is 1. The van der Waals surface area contributed by atoms with Crippen LogP contribution < -0.4 is 9.64 Å². The molecule has 1 aliphatic heterocycles. The first kappa shape index (κ1) is 17.7. The molecule has 0 spiro atoms. The minimum Gasteiger partial charge on any atom is -0.484 e. The lowest BCUT2D eigenvalue weighted by atomic mass is 10.2. The Kier molecular flexibility index (Phi) is 5.31. The van der Waals surface area contributed by atoms with Gasteiger partial charge in [0.05, 0.1) is 4.92 Å². The van der Waals surface area contributed by atoms with Gasteiger partial charge < -0.3 is 14.5 Å². The van der Waals surface area contributed by atoms with Crippen LogP contribution in [0.2, 0.25) is 0 Å². The molecule has 0 atom stereocenters. The molecule has 0 radical (unpaired) electrons. The van der Waals surface area contributed by atoms with Crippen molar-refractivity contribution >= 4 is 17.3 Å². The Morgan fingerprint density at radius 3 is 2.23 bits per heavy atom. The quantitative estimate of drug-likeness (QED) is 0.605. The molecule has 3 rings (SSSR count). The Morgan fingerprint density at radius 2 is 1.65 bits per heavy atom. The highest BCUT2D eigenvalue weighted by Crippen LogP contribution is 2.19. The lowest BCUT2D eigenvalue weighted by molar-refractivity contribution is -0.384. The maximum atomic E-state index is 13.0. The lowest BCUT2D eigenvalue weighted by Gasteiger charge is -2.36. The molecule has 0 aliphatic carbocycles. The van der Waals surface area contributed by atoms with Crippen molar-refractivity contribution in [2.75, 3.05) is 37.7 Å². The molecule has 1 saturated heterocycles. The molecule has 8 heteroatoms. The maximum Gasteiger partial charge on any atom is 0.269 e. The molecular weight excluding hydrogens is 341 g/mol. The summed E-state index contributed by atoms with van der Waals surface area (Å²) in [4.78, 5) is 26.2. The second-order valence-corrected chi connectivity index (χ2v) is 5.88. The topological polar surface area (TPSA) is 75.9 Å². The average molecular weight is 359 g/mol. The number of nitro groups is 1. The standard InChI is InChI=1S/C18H18FN3O4/c19-14-1-3-15(4-2-14)20-9-11-21(12-10-20)18(23)13-26-17-7-5-16(6-8-17)22(24)25/h1-8H,9-13H2. The molecule has 0 N–H and O–H groups in total. The molecule has 0 bridgehead atoms. The van der Waals surface area contributed by atoms with E-state index in [0.717, 1.165) is 5.69 Å². The summed E-state index contributed by atoms with van der Waals surface area (Å²) in [6.45, 7) is 2.32. The first-order valence-electron chi connectivity index (χ1n) is 8.18. The van der Waals surface area contributed by atoms with Crippen molar-refractivity contribution in [3.05, 3.63) is 64.5 Å². The molecule has 2 aromatic carbocycles. The molecule has 136 valence electrons. The van der Waals surface area contributed by atoms with Gasteiger partial charge in [-0.05, 0) is 36.4 Å². The zero-order valence-corrected chi connectivity index (χ0v) is 14.0. The third-order valence-corrected chi connectivity index (χ3v) is 4.23. The van der Waals surface area contributed by atoms with E-state index in [2.05, 4.69) is 4.90 Å². The Hall–Kier alpha value is -3.16. The summed E-state index contributed by atoms with van der Waals surface area (Å²) in [7, 11) is 0. The lowest BCUT2D eigenvalue weighted by Crippen LogP contribution is -2.50. The number of piperazine rings is 1. The van der Waals surface area contributed by atoms with Crippen LogP contribution in [0.3, 0.4) is 0 Å². The molecule has 1 amide bonds. The minimum atomic E-state index is -0.491. The fraction of sp³-hybridized carbons (Fsp3) is 0.278. The van der Waals surface area contributed by atoms with Crippen LogP contribution in [0.15, 0.2) is 48.5 Å². The number of nitro benzene ring substituents is 1. The Balaban J connectivity index is 1.47. The molecule has 26 heavy (non-hydrogen) atoms. The summed E-state index contributed by atoms with van der Waals surface area (Å²) >= 11 is 0. The second kappa shape index (κ2) is 7.81. The van der Waals surface area contributed by atoms with Gasteiger partial charge in [-0.3, -0.25) is 14.9 Å². The smallest absolute Gasteiger partial charge is 0.269 e. The zero-order chi connectivity index (χ0) is 18.5. The van der Waals surface area contributed by atoms with E-state index in [4.69, 9.17) is 4.74 Å². The van der Waals surface area contributed by atoms with Gasteiger partial charge in [0.1, 0.15) is 11.6 Å². The Labute approximate surface area is 149 Å². The van der Waals surface area contributed by atoms with Crippen molar-refractivity contribution in [3.8, 4) is 5.75 Å². The molecule has 7 nitrogen and oxygen atoms in total. The predicted octanol–water partition coefficient (Wildman–Crippen LogP) is 2.46. The van der Waals surface area contributed by atoms with Gasteiger partial charge in [0.25, 0.3) is 11.6 Å². The van der Waals surface area contributed by atoms with Crippen molar-refractivity contribution in [3.63, 3.8) is 0 Å². The van der Waals surface area contributed by atoms with Crippen molar-refractivity contribution in [2.24, 2.45) is 0 Å². The van der Waals surface area contributed by atoms with E-state index >= 15 is 0 Å². The minimum absolute atomic E-state index is 0.0272. The van der Waals surface area contributed by atoms with Crippen LogP contribution in [-0.4, -0.2) is 48.5 Å². The van der Waals surface area contributed by atoms with Crippen LogP contribution >= 0.6 is 0 Å². The number of hydrogen-bond donors (Lipinski definition) is 0. The normalized spacial score (nSPS) is 14.2. The van der Waals surface area contributed by atoms with Gasteiger partial charge in [-0.2, -0.15) is 0 Å². The summed E-state index contributed by atoms with van der Waals surface area (Å²) in [6.07, 6.45) is 0. The first-order chi connectivity index (χ1) is 12.5. The number of non-ortho nitro benzene ring substituents is 1. The third kappa shape index (κ3) is 4.27. The molecular formula is C18H18FN3O4. The van der Waals surface area contributed by atoms with E-state index < -0.39 is 4.92 Å². The van der Waals surface area contributed by atoms with Crippen LogP contribution in [0.4, 0.5) is 15.8 Å².